The summed E-state index contributed by atoms with van der Waals surface area (Å²) in [7, 11) is -1.77. The predicted octanol–water partition coefficient (Wildman–Crippen LogP) is 1.000. The van der Waals surface area contributed by atoms with Gasteiger partial charge in [-0.25, -0.2) is 13.1 Å². The normalized spacial score (nSPS) is 24.1. The Morgan fingerprint density at radius 1 is 1.57 bits per heavy atom. The summed E-state index contributed by atoms with van der Waals surface area (Å²) in [6, 6.07) is 1.14. The van der Waals surface area contributed by atoms with Crippen molar-refractivity contribution in [3.63, 3.8) is 0 Å². The van der Waals surface area contributed by atoms with Crippen molar-refractivity contribution in [3.8, 4) is 0 Å². The van der Waals surface area contributed by atoms with Gasteiger partial charge in [0.15, 0.2) is 5.00 Å². The van der Waals surface area contributed by atoms with Gasteiger partial charge in [-0.1, -0.05) is 11.3 Å². The lowest BCUT2D eigenvalue weighted by Gasteiger charge is -2.35. The summed E-state index contributed by atoms with van der Waals surface area (Å²) in [6.45, 7) is 2.84. The molecule has 0 aliphatic carbocycles. The Labute approximate surface area is 127 Å². The molecule has 21 heavy (non-hydrogen) atoms. The number of nitrogens with two attached hydrogens (primary N) is 1. The second kappa shape index (κ2) is 5.87. The highest BCUT2D eigenvalue weighted by atomic mass is 32.2. The van der Waals surface area contributed by atoms with Gasteiger partial charge < -0.3 is 10.6 Å². The van der Waals surface area contributed by atoms with Crippen LogP contribution >= 0.6 is 11.3 Å². The second-order valence-corrected chi connectivity index (χ2v) is 8.27. The monoisotopic (exact) mass is 334 g/mol. The van der Waals surface area contributed by atoms with Crippen LogP contribution in [0.4, 0.5) is 10.7 Å². The first kappa shape index (κ1) is 16.1. The van der Waals surface area contributed by atoms with Crippen LogP contribution in [0, 0.1) is 10.1 Å². The summed E-state index contributed by atoms with van der Waals surface area (Å²) >= 11 is 0.715. The Kier molecular flexibility index (Phi) is 4.51. The van der Waals surface area contributed by atoms with E-state index in [2.05, 4.69) is 9.62 Å². The fourth-order valence-electron chi connectivity index (χ4n) is 2.32. The Hall–Kier alpha value is -1.23. The molecule has 0 amide bonds. The molecule has 0 aromatic carbocycles. The lowest BCUT2D eigenvalue weighted by atomic mass is 10.0. The van der Waals surface area contributed by atoms with Crippen LogP contribution in [0.3, 0.4) is 0 Å². The largest absolute Gasteiger partial charge is 0.385 e. The Balaban J connectivity index is 2.15. The number of likely N-dealkylation sites (tertiary alicyclic amines) is 1. The number of nitrogens with one attached hydrogen (secondary N) is 1. The minimum absolute atomic E-state index is 0.0999. The summed E-state index contributed by atoms with van der Waals surface area (Å²) in [5.74, 6) is 0. The van der Waals surface area contributed by atoms with Gasteiger partial charge in [0.05, 0.1) is 4.92 Å². The molecule has 2 heterocycles. The van der Waals surface area contributed by atoms with Crippen LogP contribution in [0.15, 0.2) is 10.3 Å². The summed E-state index contributed by atoms with van der Waals surface area (Å²) in [5.41, 5.74) is 5.13. The number of nitrogen functional groups attached to an aromatic ring is 1. The van der Waals surface area contributed by atoms with Gasteiger partial charge in [0, 0.05) is 18.2 Å². The number of rotatable bonds is 4. The highest BCUT2D eigenvalue weighted by Crippen LogP contribution is 2.34. The highest BCUT2D eigenvalue weighted by Gasteiger charge is 2.30. The number of piperidine rings is 1. The molecule has 8 nitrogen and oxygen atoms in total. The van der Waals surface area contributed by atoms with Gasteiger partial charge in [0.2, 0.25) is 0 Å². The lowest BCUT2D eigenvalue weighted by Crippen LogP contribution is -2.47. The molecule has 3 N–H and O–H groups in total. The third kappa shape index (κ3) is 3.51. The second-order valence-electron chi connectivity index (χ2n) is 5.24. The van der Waals surface area contributed by atoms with Crippen LogP contribution in [0.5, 0.6) is 0 Å². The number of sulfonamides is 1. The molecule has 1 aromatic rings. The zero-order chi connectivity index (χ0) is 15.8. The lowest BCUT2D eigenvalue weighted by molar-refractivity contribution is -0.383. The average molecular weight is 334 g/mol. The molecule has 1 aromatic heterocycles. The molecule has 2 unspecified atom stereocenters. The van der Waals surface area contributed by atoms with Crippen molar-refractivity contribution >= 4 is 32.0 Å². The molecule has 0 saturated carbocycles. The van der Waals surface area contributed by atoms with Gasteiger partial charge in [-0.3, -0.25) is 10.1 Å². The Morgan fingerprint density at radius 2 is 2.24 bits per heavy atom. The van der Waals surface area contributed by atoms with Crippen molar-refractivity contribution < 1.29 is 13.3 Å². The van der Waals surface area contributed by atoms with Crippen molar-refractivity contribution in [2.75, 3.05) is 19.3 Å². The molecule has 1 aliphatic heterocycles. The first-order chi connectivity index (χ1) is 9.70. The standard InChI is InChI=1S/C11H18N4O4S2/c1-7-5-8(3-4-14(7)2)13-21(18,19)10-6-9(15(16)17)11(12)20-10/h6-8,13H,3-5,12H2,1-2H3. The summed E-state index contributed by atoms with van der Waals surface area (Å²) in [6.07, 6.45) is 1.42. The number of nitro groups is 1. The number of anilines is 1. The van der Waals surface area contributed by atoms with E-state index in [1.807, 2.05) is 14.0 Å². The van der Waals surface area contributed by atoms with Crippen LogP contribution in [-0.4, -0.2) is 43.9 Å². The molecule has 1 aliphatic rings. The molecule has 2 atom stereocenters. The predicted molar refractivity (Wildman–Crippen MR) is 80.8 cm³/mol. The van der Waals surface area contributed by atoms with Gasteiger partial charge >= 0.3 is 5.69 Å². The summed E-state index contributed by atoms with van der Waals surface area (Å²) < 4.78 is 27.1. The fourth-order valence-corrected chi connectivity index (χ4v) is 4.84. The van der Waals surface area contributed by atoms with Gasteiger partial charge in [0.25, 0.3) is 10.0 Å². The maximum atomic E-state index is 12.3. The van der Waals surface area contributed by atoms with E-state index in [1.165, 1.54) is 0 Å². The quantitative estimate of drug-likeness (QED) is 0.626. The van der Waals surface area contributed by atoms with Crippen LogP contribution in [0.1, 0.15) is 19.8 Å². The summed E-state index contributed by atoms with van der Waals surface area (Å²) in [4.78, 5) is 12.2. The third-order valence-corrected chi connectivity index (χ3v) is 6.66. The summed E-state index contributed by atoms with van der Waals surface area (Å²) in [5, 5.41) is 10.6. The molecular formula is C11H18N4O4S2. The molecule has 118 valence electrons. The van der Waals surface area contributed by atoms with E-state index >= 15 is 0 Å². The fraction of sp³-hybridized carbons (Fsp3) is 0.636. The zero-order valence-corrected chi connectivity index (χ0v) is 13.4. The van der Waals surface area contributed by atoms with Crippen molar-refractivity contribution in [2.45, 2.75) is 36.1 Å². The van der Waals surface area contributed by atoms with Crippen LogP contribution in [0.25, 0.3) is 0 Å². The minimum Gasteiger partial charge on any atom is -0.385 e. The molecule has 0 radical (unpaired) electrons. The van der Waals surface area contributed by atoms with Crippen molar-refractivity contribution in [1.82, 2.24) is 9.62 Å². The van der Waals surface area contributed by atoms with E-state index in [0.29, 0.717) is 24.2 Å². The van der Waals surface area contributed by atoms with Crippen LogP contribution < -0.4 is 10.5 Å². The van der Waals surface area contributed by atoms with E-state index in [0.717, 1.165) is 12.6 Å². The SMILES string of the molecule is CC1CC(NS(=O)(=O)c2cc([N+](=O)[O-])c(N)s2)CCN1C. The molecule has 2 rings (SSSR count). The van der Waals surface area contributed by atoms with E-state index in [9.17, 15) is 18.5 Å². The van der Waals surface area contributed by atoms with E-state index < -0.39 is 14.9 Å². The maximum absolute atomic E-state index is 12.3. The minimum atomic E-state index is -3.77. The van der Waals surface area contributed by atoms with Gasteiger partial charge in [0.1, 0.15) is 4.21 Å². The van der Waals surface area contributed by atoms with Crippen LogP contribution in [0.2, 0.25) is 0 Å². The molecule has 10 heteroatoms. The number of thiophene rings is 1. The molecular weight excluding hydrogens is 316 g/mol. The third-order valence-electron chi connectivity index (χ3n) is 3.71. The van der Waals surface area contributed by atoms with Gasteiger partial charge in [-0.15, -0.1) is 0 Å². The Bertz CT molecular complexity index is 643. The van der Waals surface area contributed by atoms with Gasteiger partial charge in [-0.05, 0) is 33.4 Å². The number of hydrogen-bond acceptors (Lipinski definition) is 7. The van der Waals surface area contributed by atoms with E-state index in [-0.39, 0.29) is 27.0 Å². The van der Waals surface area contributed by atoms with Crippen molar-refractivity contribution in [3.05, 3.63) is 16.2 Å². The molecule has 0 bridgehead atoms. The molecule has 0 spiro atoms. The highest BCUT2D eigenvalue weighted by molar-refractivity contribution is 7.91. The molecule has 1 fully saturated rings. The van der Waals surface area contributed by atoms with Crippen molar-refractivity contribution in [1.29, 1.82) is 0 Å². The maximum Gasteiger partial charge on any atom is 0.304 e. The van der Waals surface area contributed by atoms with Crippen molar-refractivity contribution in [2.24, 2.45) is 0 Å². The first-order valence-corrected chi connectivity index (χ1v) is 8.77. The van der Waals surface area contributed by atoms with E-state index in [4.69, 9.17) is 5.73 Å². The Morgan fingerprint density at radius 3 is 2.76 bits per heavy atom. The van der Waals surface area contributed by atoms with Gasteiger partial charge in [-0.2, -0.15) is 0 Å². The first-order valence-electron chi connectivity index (χ1n) is 6.47. The van der Waals surface area contributed by atoms with Crippen LogP contribution in [-0.2, 0) is 10.0 Å². The number of hydrogen-bond donors (Lipinski definition) is 2. The molecule has 1 saturated heterocycles. The average Bonchev–Trinajstić information content (AvgIpc) is 2.77. The smallest absolute Gasteiger partial charge is 0.304 e. The van der Waals surface area contributed by atoms with E-state index in [1.54, 1.807) is 0 Å². The number of nitrogens with zero attached hydrogens (tertiary/aromatic N) is 2. The topological polar surface area (TPSA) is 119 Å². The zero-order valence-electron chi connectivity index (χ0n) is 11.8.